The minimum Gasteiger partial charge on any atom is -0.386 e. The summed E-state index contributed by atoms with van der Waals surface area (Å²) in [5.74, 6) is 0. The molecule has 0 aromatic heterocycles. The quantitative estimate of drug-likeness (QED) is 0.578. The molecule has 2 unspecified atom stereocenters. The molecular formula is C19H32O2. The molecule has 0 spiro atoms. The zero-order valence-corrected chi connectivity index (χ0v) is 14.0. The van der Waals surface area contributed by atoms with Gasteiger partial charge in [0, 0.05) is 0 Å². The van der Waals surface area contributed by atoms with Crippen LogP contribution in [0.25, 0.3) is 0 Å². The largest absolute Gasteiger partial charge is 0.386 e. The Morgan fingerprint density at radius 3 is 2.33 bits per heavy atom. The van der Waals surface area contributed by atoms with Crippen LogP contribution < -0.4 is 0 Å². The number of ether oxygens (including phenoxy) is 1. The lowest BCUT2D eigenvalue weighted by molar-refractivity contribution is -0.00651. The van der Waals surface area contributed by atoms with E-state index in [0.717, 1.165) is 24.8 Å². The molecule has 1 rings (SSSR count). The van der Waals surface area contributed by atoms with Crippen LogP contribution in [0, 0.1) is 0 Å². The SMILES string of the molecule is CCCCCCC(C)OCC(O)c1ccc(CCC)cc1. The summed E-state index contributed by atoms with van der Waals surface area (Å²) in [6.07, 6.45) is 8.13. The first kappa shape index (κ1) is 18.2. The van der Waals surface area contributed by atoms with E-state index < -0.39 is 6.10 Å². The fraction of sp³-hybridized carbons (Fsp3) is 0.684. The highest BCUT2D eigenvalue weighted by atomic mass is 16.5. The minimum atomic E-state index is -0.515. The zero-order chi connectivity index (χ0) is 15.5. The van der Waals surface area contributed by atoms with Gasteiger partial charge in [0.05, 0.1) is 12.7 Å². The molecular weight excluding hydrogens is 260 g/mol. The van der Waals surface area contributed by atoms with Gasteiger partial charge in [-0.15, -0.1) is 0 Å². The summed E-state index contributed by atoms with van der Waals surface area (Å²) in [5, 5.41) is 10.2. The molecule has 0 heterocycles. The second-order valence-corrected chi connectivity index (χ2v) is 6.00. The predicted octanol–water partition coefficient (Wildman–Crippen LogP) is 5.05. The van der Waals surface area contributed by atoms with Gasteiger partial charge in [0.25, 0.3) is 0 Å². The number of benzene rings is 1. The highest BCUT2D eigenvalue weighted by Crippen LogP contribution is 2.17. The second kappa shape index (κ2) is 10.8. The van der Waals surface area contributed by atoms with E-state index in [1.54, 1.807) is 0 Å². The molecule has 2 heteroatoms. The summed E-state index contributed by atoms with van der Waals surface area (Å²) in [4.78, 5) is 0. The monoisotopic (exact) mass is 292 g/mol. The van der Waals surface area contributed by atoms with Crippen LogP contribution >= 0.6 is 0 Å². The van der Waals surface area contributed by atoms with Crippen LogP contribution in [0.4, 0.5) is 0 Å². The molecule has 1 aromatic rings. The van der Waals surface area contributed by atoms with Gasteiger partial charge >= 0.3 is 0 Å². The molecule has 0 saturated carbocycles. The van der Waals surface area contributed by atoms with E-state index in [1.165, 1.54) is 31.2 Å². The molecule has 0 amide bonds. The second-order valence-electron chi connectivity index (χ2n) is 6.00. The first-order chi connectivity index (χ1) is 10.2. The van der Waals surface area contributed by atoms with E-state index in [1.807, 2.05) is 12.1 Å². The molecule has 0 radical (unpaired) electrons. The molecule has 2 atom stereocenters. The van der Waals surface area contributed by atoms with Gasteiger partial charge in [-0.25, -0.2) is 0 Å². The Kier molecular flexibility index (Phi) is 9.36. The average Bonchev–Trinajstić information content (AvgIpc) is 2.50. The number of rotatable bonds is 11. The van der Waals surface area contributed by atoms with Crippen molar-refractivity contribution in [2.24, 2.45) is 0 Å². The molecule has 120 valence electrons. The number of hydrogen-bond acceptors (Lipinski definition) is 2. The summed E-state index contributed by atoms with van der Waals surface area (Å²) in [5.41, 5.74) is 2.28. The van der Waals surface area contributed by atoms with E-state index >= 15 is 0 Å². The van der Waals surface area contributed by atoms with E-state index in [-0.39, 0.29) is 6.10 Å². The highest BCUT2D eigenvalue weighted by Gasteiger charge is 2.10. The third kappa shape index (κ3) is 7.63. The molecule has 0 aliphatic heterocycles. The lowest BCUT2D eigenvalue weighted by Crippen LogP contribution is -2.14. The maximum Gasteiger partial charge on any atom is 0.102 e. The van der Waals surface area contributed by atoms with Crippen LogP contribution in [0.3, 0.4) is 0 Å². The van der Waals surface area contributed by atoms with Crippen molar-refractivity contribution in [3.63, 3.8) is 0 Å². The van der Waals surface area contributed by atoms with E-state index in [0.29, 0.717) is 6.61 Å². The highest BCUT2D eigenvalue weighted by molar-refractivity contribution is 5.24. The summed E-state index contributed by atoms with van der Waals surface area (Å²) in [6, 6.07) is 8.25. The Bertz CT molecular complexity index is 358. The Morgan fingerprint density at radius 2 is 1.71 bits per heavy atom. The normalized spacial score (nSPS) is 14.1. The van der Waals surface area contributed by atoms with Gasteiger partial charge in [0.2, 0.25) is 0 Å². The Balaban J connectivity index is 2.27. The van der Waals surface area contributed by atoms with Gasteiger partial charge in [-0.3, -0.25) is 0 Å². The summed E-state index contributed by atoms with van der Waals surface area (Å²) >= 11 is 0. The van der Waals surface area contributed by atoms with Crippen LogP contribution in [0.1, 0.15) is 76.5 Å². The smallest absolute Gasteiger partial charge is 0.102 e. The molecule has 1 N–H and O–H groups in total. The van der Waals surface area contributed by atoms with Crippen LogP contribution in [-0.4, -0.2) is 17.8 Å². The van der Waals surface area contributed by atoms with Gasteiger partial charge in [0.15, 0.2) is 0 Å². The molecule has 0 bridgehead atoms. The predicted molar refractivity (Wildman–Crippen MR) is 89.6 cm³/mol. The van der Waals surface area contributed by atoms with Gasteiger partial charge in [-0.2, -0.15) is 0 Å². The first-order valence-corrected chi connectivity index (χ1v) is 8.55. The van der Waals surface area contributed by atoms with Crippen molar-refractivity contribution >= 4 is 0 Å². The van der Waals surface area contributed by atoms with Crippen molar-refractivity contribution in [3.8, 4) is 0 Å². The Hall–Kier alpha value is -0.860. The fourth-order valence-electron chi connectivity index (χ4n) is 2.49. The lowest BCUT2D eigenvalue weighted by Gasteiger charge is -2.17. The van der Waals surface area contributed by atoms with E-state index in [4.69, 9.17) is 4.74 Å². The van der Waals surface area contributed by atoms with Crippen LogP contribution in [-0.2, 0) is 11.2 Å². The molecule has 0 aliphatic rings. The van der Waals surface area contributed by atoms with Crippen molar-refractivity contribution in [1.82, 2.24) is 0 Å². The third-order valence-corrected chi connectivity index (χ3v) is 3.91. The third-order valence-electron chi connectivity index (χ3n) is 3.91. The van der Waals surface area contributed by atoms with E-state index in [9.17, 15) is 5.11 Å². The number of aliphatic hydroxyl groups is 1. The number of aryl methyl sites for hydroxylation is 1. The number of unbranched alkanes of at least 4 members (excludes halogenated alkanes) is 3. The lowest BCUT2D eigenvalue weighted by atomic mass is 10.0. The maximum absolute atomic E-state index is 10.2. The van der Waals surface area contributed by atoms with Crippen molar-refractivity contribution in [1.29, 1.82) is 0 Å². The van der Waals surface area contributed by atoms with Crippen molar-refractivity contribution < 1.29 is 9.84 Å². The van der Waals surface area contributed by atoms with Gasteiger partial charge < -0.3 is 9.84 Å². The number of hydrogen-bond donors (Lipinski definition) is 1. The summed E-state index contributed by atoms with van der Waals surface area (Å²) in [7, 11) is 0. The molecule has 1 aromatic carbocycles. The van der Waals surface area contributed by atoms with Crippen LogP contribution in [0.2, 0.25) is 0 Å². The molecule has 21 heavy (non-hydrogen) atoms. The van der Waals surface area contributed by atoms with Gasteiger partial charge in [-0.05, 0) is 30.9 Å². The number of aliphatic hydroxyl groups excluding tert-OH is 1. The van der Waals surface area contributed by atoms with Gasteiger partial charge in [-0.1, -0.05) is 70.2 Å². The van der Waals surface area contributed by atoms with Crippen LogP contribution in [0.5, 0.6) is 0 Å². The molecule has 0 aliphatic carbocycles. The standard InChI is InChI=1S/C19H32O2/c1-4-6-7-8-10-16(3)21-15-19(20)18-13-11-17(9-5-2)12-14-18/h11-14,16,19-20H,4-10,15H2,1-3H3. The van der Waals surface area contributed by atoms with Crippen LogP contribution in [0.15, 0.2) is 24.3 Å². The van der Waals surface area contributed by atoms with Crippen molar-refractivity contribution in [2.45, 2.75) is 77.9 Å². The maximum atomic E-state index is 10.2. The van der Waals surface area contributed by atoms with Gasteiger partial charge in [0.1, 0.15) is 6.10 Å². The average molecular weight is 292 g/mol. The van der Waals surface area contributed by atoms with Crippen molar-refractivity contribution in [2.75, 3.05) is 6.61 Å². The zero-order valence-electron chi connectivity index (χ0n) is 14.0. The summed E-state index contributed by atoms with van der Waals surface area (Å²) < 4.78 is 5.77. The summed E-state index contributed by atoms with van der Waals surface area (Å²) in [6.45, 7) is 6.89. The Labute approximate surface area is 130 Å². The molecule has 0 fully saturated rings. The minimum absolute atomic E-state index is 0.232. The first-order valence-electron chi connectivity index (χ1n) is 8.55. The molecule has 2 nitrogen and oxygen atoms in total. The Morgan fingerprint density at radius 1 is 1.00 bits per heavy atom. The molecule has 0 saturated heterocycles. The van der Waals surface area contributed by atoms with E-state index in [2.05, 4.69) is 32.9 Å². The van der Waals surface area contributed by atoms with Crippen molar-refractivity contribution in [3.05, 3.63) is 35.4 Å². The topological polar surface area (TPSA) is 29.5 Å². The fourth-order valence-corrected chi connectivity index (χ4v) is 2.49.